The molecule has 5 rings (SSSR count). The van der Waals surface area contributed by atoms with Crippen LogP contribution < -0.4 is 15.5 Å². The molecule has 0 saturated carbocycles. The van der Waals surface area contributed by atoms with Crippen LogP contribution in [0.25, 0.3) is 11.3 Å². The lowest BCUT2D eigenvalue weighted by molar-refractivity contribution is 0.477. The molecule has 37 heavy (non-hydrogen) atoms. The number of nitrogens with two attached hydrogens (primary N) is 1. The lowest BCUT2D eigenvalue weighted by Crippen LogP contribution is -2.36. The molecule has 11 heteroatoms. The van der Waals surface area contributed by atoms with Crippen molar-refractivity contribution in [3.8, 4) is 28.8 Å². The molecule has 1 aliphatic heterocycles. The molecule has 0 bridgehead atoms. The first-order chi connectivity index (χ1) is 18.0. The van der Waals surface area contributed by atoms with Crippen LogP contribution in [0.4, 0.5) is 21.7 Å². The number of phenolic OH excluding ortho intramolecular Hbond substituents is 1. The van der Waals surface area contributed by atoms with Gasteiger partial charge in [-0.2, -0.15) is 0 Å². The molecule has 3 N–H and O–H groups in total. The number of benzene rings is 1. The average Bonchev–Trinajstić information content (AvgIpc) is 3.34. The molecule has 3 aromatic heterocycles. The molecular formula is C26H26FN9O. The van der Waals surface area contributed by atoms with Crippen molar-refractivity contribution in [3.63, 3.8) is 0 Å². The smallest absolute Gasteiger partial charge is 0.207 e. The normalized spacial score (nSPS) is 15.7. The van der Waals surface area contributed by atoms with E-state index in [1.165, 1.54) is 6.20 Å². The van der Waals surface area contributed by atoms with E-state index in [2.05, 4.69) is 41.9 Å². The number of nitrogens with zero attached hydrogens (tertiary/aromatic N) is 8. The minimum Gasteiger partial charge on any atom is -0.507 e. The van der Waals surface area contributed by atoms with Gasteiger partial charge in [0.05, 0.1) is 30.5 Å². The Labute approximate surface area is 213 Å². The number of aromatic nitrogens is 6. The summed E-state index contributed by atoms with van der Waals surface area (Å²) in [7, 11) is 0. The molecule has 1 aliphatic rings. The summed E-state index contributed by atoms with van der Waals surface area (Å²) in [6.07, 6.45) is 7.07. The van der Waals surface area contributed by atoms with Crippen LogP contribution in [0.3, 0.4) is 0 Å². The van der Waals surface area contributed by atoms with Gasteiger partial charge in [0, 0.05) is 43.6 Å². The largest absolute Gasteiger partial charge is 0.507 e. The predicted molar refractivity (Wildman–Crippen MR) is 138 cm³/mol. The minimum atomic E-state index is -0.493. The summed E-state index contributed by atoms with van der Waals surface area (Å²) in [6, 6.07) is 8.79. The lowest BCUT2D eigenvalue weighted by atomic mass is 10.1. The van der Waals surface area contributed by atoms with Crippen molar-refractivity contribution < 1.29 is 9.50 Å². The van der Waals surface area contributed by atoms with Crippen molar-refractivity contribution in [2.45, 2.75) is 25.9 Å². The average molecular weight is 500 g/mol. The van der Waals surface area contributed by atoms with Gasteiger partial charge in [-0.15, -0.1) is 10.2 Å². The Morgan fingerprint density at radius 2 is 2.05 bits per heavy atom. The minimum absolute atomic E-state index is 0.00909. The maximum Gasteiger partial charge on any atom is 0.207 e. The number of hydrogen-bond donors (Lipinski definition) is 2. The maximum atomic E-state index is 14.9. The fraction of sp³-hybridized carbons (Fsp3) is 0.269. The molecule has 188 valence electrons. The zero-order valence-corrected chi connectivity index (χ0v) is 20.3. The monoisotopic (exact) mass is 499 g/mol. The van der Waals surface area contributed by atoms with Crippen LogP contribution in [-0.4, -0.2) is 60.5 Å². The van der Waals surface area contributed by atoms with Gasteiger partial charge < -0.3 is 25.2 Å². The van der Waals surface area contributed by atoms with Crippen molar-refractivity contribution in [1.82, 2.24) is 29.7 Å². The van der Waals surface area contributed by atoms with Crippen LogP contribution in [0, 0.1) is 17.7 Å². The standard InChI is InChI=1S/C26H26FN9O/c1-18-8-11-35(22-15-21(32-33-25(22)28)19-5-2-3-6-23(19)37)13-14-36(18)26-20(27)16-30-24(31-26)7-4-10-34-12-9-29-17-34/h2-3,5-6,9,12,15-18,37H,8,10-11,13-14H2,1H3,(H2,28,33). The topological polar surface area (TPSA) is 122 Å². The zero-order chi connectivity index (χ0) is 25.8. The first-order valence-corrected chi connectivity index (χ1v) is 11.9. The quantitative estimate of drug-likeness (QED) is 0.408. The summed E-state index contributed by atoms with van der Waals surface area (Å²) >= 11 is 0. The highest BCUT2D eigenvalue weighted by molar-refractivity contribution is 5.74. The number of aromatic hydroxyl groups is 1. The van der Waals surface area contributed by atoms with Gasteiger partial charge in [0.1, 0.15) is 5.75 Å². The Bertz CT molecular complexity index is 1450. The molecule has 4 aromatic rings. The maximum absolute atomic E-state index is 14.9. The van der Waals surface area contributed by atoms with Gasteiger partial charge in [-0.3, -0.25) is 0 Å². The highest BCUT2D eigenvalue weighted by atomic mass is 19.1. The van der Waals surface area contributed by atoms with Crippen molar-refractivity contribution >= 4 is 17.3 Å². The van der Waals surface area contributed by atoms with Gasteiger partial charge in [0.15, 0.2) is 17.5 Å². The molecule has 10 nitrogen and oxygen atoms in total. The highest BCUT2D eigenvalue weighted by Crippen LogP contribution is 2.32. The molecule has 4 heterocycles. The molecule has 0 amide bonds. The summed E-state index contributed by atoms with van der Waals surface area (Å²) < 4.78 is 16.7. The predicted octanol–water partition coefficient (Wildman–Crippen LogP) is 2.71. The van der Waals surface area contributed by atoms with E-state index in [4.69, 9.17) is 5.73 Å². The number of imidazole rings is 1. The first kappa shape index (κ1) is 24.0. The molecule has 1 fully saturated rings. The van der Waals surface area contributed by atoms with E-state index in [0.717, 1.165) is 12.1 Å². The Balaban J connectivity index is 1.36. The van der Waals surface area contributed by atoms with Crippen LogP contribution in [0.2, 0.25) is 0 Å². The summed E-state index contributed by atoms with van der Waals surface area (Å²) in [5.74, 6) is 6.31. The Morgan fingerprint density at radius 1 is 1.19 bits per heavy atom. The van der Waals surface area contributed by atoms with Gasteiger partial charge in [0.2, 0.25) is 5.82 Å². The molecule has 1 atom stereocenters. The Morgan fingerprint density at radius 3 is 2.86 bits per heavy atom. The molecular weight excluding hydrogens is 473 g/mol. The third-order valence-corrected chi connectivity index (χ3v) is 6.30. The van der Waals surface area contributed by atoms with Crippen LogP contribution in [-0.2, 0) is 6.54 Å². The SMILES string of the molecule is CC1CCN(c2cc(-c3ccccc3O)nnc2N)CCN1c1nc(C#CCn2ccnc2)ncc1F. The first-order valence-electron chi connectivity index (χ1n) is 11.9. The molecule has 0 aliphatic carbocycles. The summed E-state index contributed by atoms with van der Waals surface area (Å²) in [5, 5.41) is 18.5. The van der Waals surface area contributed by atoms with Gasteiger partial charge in [-0.05, 0) is 37.5 Å². The van der Waals surface area contributed by atoms with Crippen molar-refractivity contribution in [2.75, 3.05) is 35.2 Å². The van der Waals surface area contributed by atoms with Crippen LogP contribution >= 0.6 is 0 Å². The summed E-state index contributed by atoms with van der Waals surface area (Å²) in [4.78, 5) is 16.5. The van der Waals surface area contributed by atoms with Gasteiger partial charge in [-0.25, -0.2) is 19.3 Å². The van der Waals surface area contributed by atoms with Gasteiger partial charge in [-0.1, -0.05) is 18.1 Å². The molecule has 1 aromatic carbocycles. The van der Waals surface area contributed by atoms with Crippen LogP contribution in [0.15, 0.2) is 55.2 Å². The molecule has 1 saturated heterocycles. The molecule has 0 radical (unpaired) electrons. The zero-order valence-electron chi connectivity index (χ0n) is 20.3. The molecule has 0 spiro atoms. The molecule has 1 unspecified atom stereocenters. The summed E-state index contributed by atoms with van der Waals surface area (Å²) in [5.41, 5.74) is 8.02. The van der Waals surface area contributed by atoms with Crippen molar-refractivity contribution in [3.05, 3.63) is 66.9 Å². The van der Waals surface area contributed by atoms with Crippen LogP contribution in [0.1, 0.15) is 19.2 Å². The number of hydrogen-bond acceptors (Lipinski definition) is 9. The third kappa shape index (κ3) is 5.28. The third-order valence-electron chi connectivity index (χ3n) is 6.30. The number of para-hydroxylation sites is 1. The van der Waals surface area contributed by atoms with E-state index < -0.39 is 5.82 Å². The van der Waals surface area contributed by atoms with Crippen molar-refractivity contribution in [1.29, 1.82) is 0 Å². The second-order valence-electron chi connectivity index (χ2n) is 8.74. The van der Waals surface area contributed by atoms with Gasteiger partial charge >= 0.3 is 0 Å². The van der Waals surface area contributed by atoms with E-state index in [-0.39, 0.29) is 23.4 Å². The van der Waals surface area contributed by atoms with Crippen molar-refractivity contribution in [2.24, 2.45) is 0 Å². The van der Waals surface area contributed by atoms with E-state index in [1.807, 2.05) is 34.7 Å². The number of halogens is 1. The van der Waals surface area contributed by atoms with E-state index in [1.54, 1.807) is 30.7 Å². The number of nitrogen functional groups attached to an aromatic ring is 1. The number of phenols is 1. The number of anilines is 3. The lowest BCUT2D eigenvalue weighted by Gasteiger charge is -2.28. The van der Waals surface area contributed by atoms with E-state index in [0.29, 0.717) is 43.3 Å². The Hall–Kier alpha value is -4.72. The number of rotatable bonds is 4. The summed E-state index contributed by atoms with van der Waals surface area (Å²) in [6.45, 7) is 4.22. The van der Waals surface area contributed by atoms with Gasteiger partial charge in [0.25, 0.3) is 0 Å². The highest BCUT2D eigenvalue weighted by Gasteiger charge is 2.26. The van der Waals surface area contributed by atoms with E-state index in [9.17, 15) is 9.50 Å². The fourth-order valence-corrected chi connectivity index (χ4v) is 4.29. The second kappa shape index (κ2) is 10.5. The Kier molecular flexibility index (Phi) is 6.81. The van der Waals surface area contributed by atoms with E-state index >= 15 is 0 Å². The van der Waals surface area contributed by atoms with Crippen LogP contribution in [0.5, 0.6) is 5.75 Å². The fourth-order valence-electron chi connectivity index (χ4n) is 4.29. The second-order valence-corrected chi connectivity index (χ2v) is 8.74.